The highest BCUT2D eigenvalue weighted by Gasteiger charge is 2.13. The van der Waals surface area contributed by atoms with Gasteiger partial charge in [-0.2, -0.15) is 0 Å². The first-order chi connectivity index (χ1) is 11.7. The zero-order valence-corrected chi connectivity index (χ0v) is 13.5. The van der Waals surface area contributed by atoms with Crippen molar-refractivity contribution in [3.05, 3.63) is 72.1 Å². The largest absolute Gasteiger partial charge is 0.419 e. The predicted octanol–water partition coefficient (Wildman–Crippen LogP) is 3.55. The van der Waals surface area contributed by atoms with Gasteiger partial charge in [0.05, 0.1) is 6.54 Å². The Kier molecular flexibility index (Phi) is 5.01. The van der Waals surface area contributed by atoms with Gasteiger partial charge in [-0.15, -0.1) is 10.2 Å². The van der Waals surface area contributed by atoms with Crippen LogP contribution in [0.5, 0.6) is 0 Å². The Morgan fingerprint density at radius 3 is 2.42 bits per heavy atom. The average molecular weight is 321 g/mol. The monoisotopic (exact) mass is 321 g/mol. The van der Waals surface area contributed by atoms with Crippen LogP contribution in [-0.2, 0) is 11.3 Å². The van der Waals surface area contributed by atoms with Crippen molar-refractivity contribution < 1.29 is 9.21 Å². The SMILES string of the molecule is CC(CC(=O)NCc1nnc(-c2ccccc2)o1)c1ccccc1. The normalized spacial score (nSPS) is 11.9. The van der Waals surface area contributed by atoms with E-state index in [0.29, 0.717) is 18.2 Å². The molecule has 122 valence electrons. The van der Waals surface area contributed by atoms with Crippen molar-refractivity contribution in [2.75, 3.05) is 0 Å². The summed E-state index contributed by atoms with van der Waals surface area (Å²) in [7, 11) is 0. The van der Waals surface area contributed by atoms with E-state index in [9.17, 15) is 4.79 Å². The number of carbonyl (C=O) groups excluding carboxylic acids is 1. The number of benzene rings is 2. The third-order valence-corrected chi connectivity index (χ3v) is 3.78. The van der Waals surface area contributed by atoms with Gasteiger partial charge in [-0.25, -0.2) is 0 Å². The van der Waals surface area contributed by atoms with E-state index in [1.807, 2.05) is 67.6 Å². The van der Waals surface area contributed by atoms with Gasteiger partial charge in [0.15, 0.2) is 0 Å². The highest BCUT2D eigenvalue weighted by Crippen LogP contribution is 2.19. The molecular weight excluding hydrogens is 302 g/mol. The van der Waals surface area contributed by atoms with Gasteiger partial charge in [-0.05, 0) is 23.6 Å². The highest BCUT2D eigenvalue weighted by molar-refractivity contribution is 5.76. The second-order valence-corrected chi connectivity index (χ2v) is 5.66. The summed E-state index contributed by atoms with van der Waals surface area (Å²) >= 11 is 0. The Labute approximate surface area is 140 Å². The van der Waals surface area contributed by atoms with Gasteiger partial charge in [-0.1, -0.05) is 55.5 Å². The number of hydrogen-bond donors (Lipinski definition) is 1. The molecule has 1 heterocycles. The molecule has 0 saturated heterocycles. The Morgan fingerprint density at radius 2 is 1.71 bits per heavy atom. The number of aromatic nitrogens is 2. The van der Waals surface area contributed by atoms with E-state index in [1.54, 1.807) is 0 Å². The van der Waals surface area contributed by atoms with E-state index in [1.165, 1.54) is 0 Å². The lowest BCUT2D eigenvalue weighted by Crippen LogP contribution is -2.24. The third kappa shape index (κ3) is 4.07. The maximum absolute atomic E-state index is 12.1. The van der Waals surface area contributed by atoms with Crippen LogP contribution in [0.3, 0.4) is 0 Å². The van der Waals surface area contributed by atoms with Crippen molar-refractivity contribution in [2.24, 2.45) is 0 Å². The van der Waals surface area contributed by atoms with Crippen molar-refractivity contribution in [1.29, 1.82) is 0 Å². The van der Waals surface area contributed by atoms with Crippen LogP contribution in [-0.4, -0.2) is 16.1 Å². The van der Waals surface area contributed by atoms with E-state index in [0.717, 1.165) is 11.1 Å². The quantitative estimate of drug-likeness (QED) is 0.754. The molecule has 0 radical (unpaired) electrons. The van der Waals surface area contributed by atoms with Gasteiger partial charge in [0.25, 0.3) is 0 Å². The molecule has 0 saturated carbocycles. The number of nitrogens with zero attached hydrogens (tertiary/aromatic N) is 2. The molecule has 0 aliphatic carbocycles. The van der Waals surface area contributed by atoms with Gasteiger partial charge in [-0.3, -0.25) is 4.79 Å². The number of hydrogen-bond acceptors (Lipinski definition) is 4. The topological polar surface area (TPSA) is 68.0 Å². The number of nitrogens with one attached hydrogen (secondary N) is 1. The van der Waals surface area contributed by atoms with Gasteiger partial charge in [0.1, 0.15) is 0 Å². The molecule has 3 rings (SSSR count). The lowest BCUT2D eigenvalue weighted by atomic mass is 9.98. The van der Waals surface area contributed by atoms with Gasteiger partial charge in [0, 0.05) is 12.0 Å². The summed E-state index contributed by atoms with van der Waals surface area (Å²) in [4.78, 5) is 12.1. The zero-order chi connectivity index (χ0) is 16.8. The van der Waals surface area contributed by atoms with E-state index in [2.05, 4.69) is 15.5 Å². The molecule has 0 aliphatic rings. The zero-order valence-electron chi connectivity index (χ0n) is 13.5. The van der Waals surface area contributed by atoms with Crippen LogP contribution in [0.15, 0.2) is 65.1 Å². The summed E-state index contributed by atoms with van der Waals surface area (Å²) in [5.74, 6) is 0.978. The van der Waals surface area contributed by atoms with Crippen LogP contribution in [0.25, 0.3) is 11.5 Å². The molecule has 5 nitrogen and oxygen atoms in total. The van der Waals surface area contributed by atoms with Crippen LogP contribution in [0.4, 0.5) is 0 Å². The van der Waals surface area contributed by atoms with E-state index in [-0.39, 0.29) is 18.4 Å². The Bertz CT molecular complexity index is 785. The molecule has 1 N–H and O–H groups in total. The van der Waals surface area contributed by atoms with Crippen LogP contribution in [0, 0.1) is 0 Å². The number of amides is 1. The molecule has 1 aromatic heterocycles. The minimum absolute atomic E-state index is 0.0363. The Balaban J connectivity index is 1.53. The fraction of sp³-hybridized carbons (Fsp3) is 0.211. The maximum Gasteiger partial charge on any atom is 0.247 e. The van der Waals surface area contributed by atoms with Crippen LogP contribution >= 0.6 is 0 Å². The minimum atomic E-state index is -0.0363. The van der Waals surface area contributed by atoms with Crippen molar-refractivity contribution in [2.45, 2.75) is 25.8 Å². The maximum atomic E-state index is 12.1. The fourth-order valence-corrected chi connectivity index (χ4v) is 2.45. The minimum Gasteiger partial charge on any atom is -0.419 e. The fourth-order valence-electron chi connectivity index (χ4n) is 2.45. The summed E-state index contributed by atoms with van der Waals surface area (Å²) in [6.07, 6.45) is 0.420. The molecular formula is C19H19N3O2. The summed E-state index contributed by atoms with van der Waals surface area (Å²) in [5, 5.41) is 10.8. The Morgan fingerprint density at radius 1 is 1.04 bits per heavy atom. The second kappa shape index (κ2) is 7.55. The van der Waals surface area contributed by atoms with Crippen molar-refractivity contribution in [1.82, 2.24) is 15.5 Å². The van der Waals surface area contributed by atoms with Crippen molar-refractivity contribution in [3.8, 4) is 11.5 Å². The molecule has 0 aliphatic heterocycles. The number of rotatable bonds is 6. The molecule has 0 bridgehead atoms. The van der Waals surface area contributed by atoms with Gasteiger partial charge < -0.3 is 9.73 Å². The molecule has 1 unspecified atom stereocenters. The summed E-state index contributed by atoms with van der Waals surface area (Å²) < 4.78 is 5.57. The van der Waals surface area contributed by atoms with Crippen LogP contribution in [0.1, 0.15) is 30.7 Å². The molecule has 1 amide bonds. The molecule has 1 atom stereocenters. The van der Waals surface area contributed by atoms with E-state index >= 15 is 0 Å². The second-order valence-electron chi connectivity index (χ2n) is 5.66. The Hall–Kier alpha value is -2.95. The first-order valence-electron chi connectivity index (χ1n) is 7.92. The van der Waals surface area contributed by atoms with Crippen molar-refractivity contribution in [3.63, 3.8) is 0 Å². The molecule has 0 fully saturated rings. The van der Waals surface area contributed by atoms with Crippen LogP contribution < -0.4 is 5.32 Å². The third-order valence-electron chi connectivity index (χ3n) is 3.78. The molecule has 2 aromatic carbocycles. The van der Waals surface area contributed by atoms with Crippen molar-refractivity contribution >= 4 is 5.91 Å². The first kappa shape index (κ1) is 15.9. The highest BCUT2D eigenvalue weighted by atomic mass is 16.4. The van der Waals surface area contributed by atoms with E-state index in [4.69, 9.17) is 4.42 Å². The molecule has 0 spiro atoms. The van der Waals surface area contributed by atoms with Gasteiger partial charge in [0.2, 0.25) is 17.7 Å². The van der Waals surface area contributed by atoms with Crippen LogP contribution in [0.2, 0.25) is 0 Å². The smallest absolute Gasteiger partial charge is 0.247 e. The standard InChI is InChI=1S/C19H19N3O2/c1-14(15-8-4-2-5-9-15)12-17(23)20-13-18-21-22-19(24-18)16-10-6-3-7-11-16/h2-11,14H,12-13H2,1H3,(H,20,23). The molecule has 24 heavy (non-hydrogen) atoms. The summed E-state index contributed by atoms with van der Waals surface area (Å²) in [6, 6.07) is 19.5. The number of carbonyl (C=O) groups is 1. The molecule has 5 heteroatoms. The van der Waals surface area contributed by atoms with Gasteiger partial charge >= 0.3 is 0 Å². The average Bonchev–Trinajstić information content (AvgIpc) is 3.10. The lowest BCUT2D eigenvalue weighted by Gasteiger charge is -2.11. The summed E-state index contributed by atoms with van der Waals surface area (Å²) in [6.45, 7) is 2.27. The lowest BCUT2D eigenvalue weighted by molar-refractivity contribution is -0.121. The van der Waals surface area contributed by atoms with E-state index < -0.39 is 0 Å². The first-order valence-corrected chi connectivity index (χ1v) is 7.92. The molecule has 3 aromatic rings. The predicted molar refractivity (Wildman–Crippen MR) is 91.1 cm³/mol. The summed E-state index contributed by atoms with van der Waals surface area (Å²) in [5.41, 5.74) is 2.01.